The van der Waals surface area contributed by atoms with Gasteiger partial charge in [0.05, 0.1) is 21.1 Å². The molecular formula is C26H29N5O5S. The fourth-order valence-corrected chi connectivity index (χ4v) is 5.41. The fraction of sp³-hybridized carbons (Fsp3) is 0.346. The first-order chi connectivity index (χ1) is 17.7. The quantitative estimate of drug-likeness (QED) is 0.312. The van der Waals surface area contributed by atoms with E-state index in [1.807, 2.05) is 30.1 Å². The molecular weight excluding hydrogens is 494 g/mol. The smallest absolute Gasteiger partial charge is 0.269 e. The van der Waals surface area contributed by atoms with Crippen molar-refractivity contribution in [1.82, 2.24) is 14.7 Å². The van der Waals surface area contributed by atoms with Crippen LogP contribution in [-0.2, 0) is 22.9 Å². The number of nitrogens with zero attached hydrogens (tertiary/aromatic N) is 4. The number of hydrogen-bond acceptors (Lipinski definition) is 8. The van der Waals surface area contributed by atoms with E-state index in [-0.39, 0.29) is 16.1 Å². The maximum atomic E-state index is 13.1. The van der Waals surface area contributed by atoms with Crippen LogP contribution in [0.1, 0.15) is 47.3 Å². The molecule has 1 amide bonds. The Bertz CT molecular complexity index is 1360. The molecule has 0 atom stereocenters. The van der Waals surface area contributed by atoms with Crippen molar-refractivity contribution in [3.8, 4) is 0 Å². The fourth-order valence-electron chi connectivity index (χ4n) is 4.45. The second-order valence-electron chi connectivity index (χ2n) is 9.23. The van der Waals surface area contributed by atoms with Crippen LogP contribution in [0.2, 0.25) is 0 Å². The molecule has 37 heavy (non-hydrogen) atoms. The standard InChI is InChI=1S/C26H29N5O5S/c1-30(16-15-19-7-3-2-4-8-19)26-27-18-23(24(28-26)17-20-9-5-6-10-20)25(32)29-37(35,36)22-13-11-21(12-14-22)31(33)34/h2-4,7-8,11-14,18,20H,5-6,9-10,15-17H2,1H3,(H,29,32). The first-order valence-electron chi connectivity index (χ1n) is 12.2. The van der Waals surface area contributed by atoms with Crippen molar-refractivity contribution in [2.45, 2.75) is 43.4 Å². The van der Waals surface area contributed by atoms with Crippen molar-refractivity contribution in [3.63, 3.8) is 0 Å². The van der Waals surface area contributed by atoms with Crippen molar-refractivity contribution in [3.05, 3.63) is 87.7 Å². The number of rotatable bonds is 10. The van der Waals surface area contributed by atoms with Gasteiger partial charge in [-0.3, -0.25) is 14.9 Å². The second-order valence-corrected chi connectivity index (χ2v) is 10.9. The summed E-state index contributed by atoms with van der Waals surface area (Å²) in [4.78, 5) is 34.1. The first-order valence-corrected chi connectivity index (χ1v) is 13.6. The monoisotopic (exact) mass is 523 g/mol. The summed E-state index contributed by atoms with van der Waals surface area (Å²) < 4.78 is 27.7. The molecule has 1 aliphatic carbocycles. The Labute approximate surface area is 216 Å². The van der Waals surface area contributed by atoms with Gasteiger partial charge in [0.1, 0.15) is 0 Å². The first kappa shape index (κ1) is 26.2. The van der Waals surface area contributed by atoms with E-state index in [0.29, 0.717) is 30.5 Å². The summed E-state index contributed by atoms with van der Waals surface area (Å²) in [6, 6.07) is 14.4. The molecule has 0 radical (unpaired) electrons. The van der Waals surface area contributed by atoms with Crippen LogP contribution in [0.15, 0.2) is 65.7 Å². The normalized spacial score (nSPS) is 13.9. The van der Waals surface area contributed by atoms with Crippen molar-refractivity contribution in [2.24, 2.45) is 5.92 Å². The largest absolute Gasteiger partial charge is 0.344 e. The van der Waals surface area contributed by atoms with Crippen LogP contribution >= 0.6 is 0 Å². The average molecular weight is 524 g/mol. The van der Waals surface area contributed by atoms with E-state index in [0.717, 1.165) is 56.4 Å². The molecule has 1 heterocycles. The summed E-state index contributed by atoms with van der Waals surface area (Å²) in [6.45, 7) is 0.674. The number of carbonyl (C=O) groups is 1. The SMILES string of the molecule is CN(CCc1ccccc1)c1ncc(C(=O)NS(=O)(=O)c2ccc([N+](=O)[O-])cc2)c(CC2CCCC2)n1. The van der Waals surface area contributed by atoms with Gasteiger partial charge < -0.3 is 4.90 Å². The van der Waals surface area contributed by atoms with Gasteiger partial charge in [-0.1, -0.05) is 56.0 Å². The Morgan fingerprint density at radius 3 is 2.43 bits per heavy atom. The number of nitro groups is 1. The third-order valence-electron chi connectivity index (χ3n) is 6.56. The molecule has 0 aliphatic heterocycles. The number of likely N-dealkylation sites (N-methyl/N-ethyl adjacent to an activating group) is 1. The molecule has 4 rings (SSSR count). The predicted molar refractivity (Wildman–Crippen MR) is 139 cm³/mol. The summed E-state index contributed by atoms with van der Waals surface area (Å²) in [7, 11) is -2.36. The second kappa shape index (κ2) is 11.5. The van der Waals surface area contributed by atoms with E-state index in [1.54, 1.807) is 0 Å². The number of amides is 1. The highest BCUT2D eigenvalue weighted by molar-refractivity contribution is 7.90. The van der Waals surface area contributed by atoms with Crippen LogP contribution in [0.4, 0.5) is 11.6 Å². The van der Waals surface area contributed by atoms with Crippen LogP contribution in [0.3, 0.4) is 0 Å². The van der Waals surface area contributed by atoms with Gasteiger partial charge in [0.15, 0.2) is 0 Å². The van der Waals surface area contributed by atoms with E-state index in [2.05, 4.69) is 26.8 Å². The summed E-state index contributed by atoms with van der Waals surface area (Å²) in [5.41, 5.74) is 1.56. The van der Waals surface area contributed by atoms with Gasteiger partial charge in [0, 0.05) is 31.9 Å². The van der Waals surface area contributed by atoms with Crippen LogP contribution in [0.25, 0.3) is 0 Å². The Morgan fingerprint density at radius 1 is 1.11 bits per heavy atom. The molecule has 1 fully saturated rings. The number of aromatic nitrogens is 2. The lowest BCUT2D eigenvalue weighted by molar-refractivity contribution is -0.384. The summed E-state index contributed by atoms with van der Waals surface area (Å²) in [5, 5.41) is 10.9. The zero-order valence-corrected chi connectivity index (χ0v) is 21.4. The molecule has 0 saturated heterocycles. The van der Waals surface area contributed by atoms with Crippen molar-refractivity contribution in [2.75, 3.05) is 18.5 Å². The van der Waals surface area contributed by atoms with E-state index >= 15 is 0 Å². The molecule has 0 bridgehead atoms. The Hall–Kier alpha value is -3.86. The van der Waals surface area contributed by atoms with Gasteiger partial charge >= 0.3 is 0 Å². The molecule has 3 aromatic rings. The van der Waals surface area contributed by atoms with E-state index in [4.69, 9.17) is 0 Å². The minimum Gasteiger partial charge on any atom is -0.344 e. The minimum atomic E-state index is -4.25. The van der Waals surface area contributed by atoms with Crippen molar-refractivity contribution >= 4 is 27.6 Å². The lowest BCUT2D eigenvalue weighted by Gasteiger charge is -2.20. The predicted octanol–water partition coefficient (Wildman–Crippen LogP) is 3.92. The van der Waals surface area contributed by atoms with Crippen LogP contribution in [0.5, 0.6) is 0 Å². The molecule has 0 unspecified atom stereocenters. The van der Waals surface area contributed by atoms with Crippen LogP contribution in [0, 0.1) is 16.0 Å². The zero-order chi connectivity index (χ0) is 26.4. The maximum Gasteiger partial charge on any atom is 0.269 e. The highest BCUT2D eigenvalue weighted by Crippen LogP contribution is 2.29. The molecule has 1 saturated carbocycles. The van der Waals surface area contributed by atoms with E-state index in [9.17, 15) is 23.3 Å². The molecule has 2 aromatic carbocycles. The average Bonchev–Trinajstić information content (AvgIpc) is 3.40. The van der Waals surface area contributed by atoms with Crippen molar-refractivity contribution < 1.29 is 18.1 Å². The number of benzene rings is 2. The van der Waals surface area contributed by atoms with Crippen LogP contribution < -0.4 is 9.62 Å². The molecule has 10 nitrogen and oxygen atoms in total. The number of sulfonamides is 1. The van der Waals surface area contributed by atoms with E-state index in [1.165, 1.54) is 11.8 Å². The Balaban J connectivity index is 1.54. The summed E-state index contributed by atoms with van der Waals surface area (Å²) in [5.74, 6) is 0.0127. The topological polar surface area (TPSA) is 135 Å². The van der Waals surface area contributed by atoms with Crippen molar-refractivity contribution in [1.29, 1.82) is 0 Å². The van der Waals surface area contributed by atoms with Gasteiger partial charge in [-0.25, -0.2) is 23.1 Å². The third kappa shape index (κ3) is 6.67. The third-order valence-corrected chi connectivity index (χ3v) is 7.91. The molecule has 1 aliphatic rings. The van der Waals surface area contributed by atoms with Crippen LogP contribution in [-0.4, -0.2) is 42.8 Å². The number of anilines is 1. The molecule has 194 valence electrons. The number of carbonyl (C=O) groups excluding carboxylic acids is 1. The molecule has 0 spiro atoms. The van der Waals surface area contributed by atoms with Gasteiger partial charge in [0.25, 0.3) is 21.6 Å². The van der Waals surface area contributed by atoms with E-state index < -0.39 is 20.9 Å². The zero-order valence-electron chi connectivity index (χ0n) is 20.5. The lowest BCUT2D eigenvalue weighted by atomic mass is 9.99. The lowest BCUT2D eigenvalue weighted by Crippen LogP contribution is -2.32. The number of non-ortho nitro benzene ring substituents is 1. The number of hydrogen-bond donors (Lipinski definition) is 1. The summed E-state index contributed by atoms with van der Waals surface area (Å²) >= 11 is 0. The highest BCUT2D eigenvalue weighted by Gasteiger charge is 2.25. The number of nitrogens with one attached hydrogen (secondary N) is 1. The highest BCUT2D eigenvalue weighted by atomic mass is 32.2. The Kier molecular flexibility index (Phi) is 8.12. The molecule has 11 heteroatoms. The van der Waals surface area contributed by atoms with Gasteiger partial charge in [0.2, 0.25) is 5.95 Å². The summed E-state index contributed by atoms with van der Waals surface area (Å²) in [6.07, 6.45) is 7.05. The number of nitro benzene ring substituents is 1. The maximum absolute atomic E-state index is 13.1. The molecule has 1 aromatic heterocycles. The molecule has 1 N–H and O–H groups in total. The minimum absolute atomic E-state index is 0.109. The van der Waals surface area contributed by atoms with Gasteiger partial charge in [-0.15, -0.1) is 0 Å². The van der Waals surface area contributed by atoms with Gasteiger partial charge in [-0.2, -0.15) is 0 Å². The Morgan fingerprint density at radius 2 is 1.78 bits per heavy atom. The van der Waals surface area contributed by atoms with Gasteiger partial charge in [-0.05, 0) is 36.5 Å².